The third kappa shape index (κ3) is 3.88. The third-order valence-corrected chi connectivity index (χ3v) is 3.72. The summed E-state index contributed by atoms with van der Waals surface area (Å²) in [6.07, 6.45) is 6.37. The van der Waals surface area contributed by atoms with Gasteiger partial charge >= 0.3 is 0 Å². The number of carbonyl (C=O) groups is 1. The summed E-state index contributed by atoms with van der Waals surface area (Å²) in [6, 6.07) is 1.87. The van der Waals surface area contributed by atoms with E-state index in [0.717, 1.165) is 18.7 Å². The molecule has 0 aliphatic carbocycles. The first-order valence-electron chi connectivity index (χ1n) is 6.74. The summed E-state index contributed by atoms with van der Waals surface area (Å²) < 4.78 is 4.96. The van der Waals surface area contributed by atoms with Gasteiger partial charge in [-0.15, -0.1) is 0 Å². The van der Waals surface area contributed by atoms with Gasteiger partial charge in [0.2, 0.25) is 5.91 Å². The average molecular weight is 250 g/mol. The van der Waals surface area contributed by atoms with Crippen LogP contribution in [0.1, 0.15) is 31.7 Å². The van der Waals surface area contributed by atoms with Crippen LogP contribution in [0.4, 0.5) is 0 Å². The molecule has 1 aromatic rings. The summed E-state index contributed by atoms with van der Waals surface area (Å²) in [4.78, 5) is 11.8. The van der Waals surface area contributed by atoms with Gasteiger partial charge in [0, 0.05) is 18.5 Å². The Labute approximate surface area is 108 Å². The van der Waals surface area contributed by atoms with E-state index in [0.29, 0.717) is 24.8 Å². The minimum absolute atomic E-state index is 0.134. The van der Waals surface area contributed by atoms with Crippen molar-refractivity contribution in [2.24, 2.45) is 11.8 Å². The molecule has 2 rings (SSSR count). The highest BCUT2D eigenvalue weighted by Gasteiger charge is 2.21. The van der Waals surface area contributed by atoms with Crippen LogP contribution in [0.3, 0.4) is 0 Å². The molecule has 4 heteroatoms. The Morgan fingerprint density at radius 1 is 1.67 bits per heavy atom. The standard InChI is InChI=1S/C14H22N2O2/c1-11(13-3-2-5-15-9-13)7-14(17)16-8-12-4-6-18-10-12/h4,6,10-11,13,15H,2-3,5,7-9H2,1H3,(H,16,17). The maximum atomic E-state index is 11.8. The molecule has 1 aliphatic rings. The fourth-order valence-electron chi connectivity index (χ4n) is 2.49. The van der Waals surface area contributed by atoms with Crippen molar-refractivity contribution in [3.63, 3.8) is 0 Å². The molecule has 1 saturated heterocycles. The molecule has 4 nitrogen and oxygen atoms in total. The lowest BCUT2D eigenvalue weighted by Crippen LogP contribution is -2.35. The Morgan fingerprint density at radius 3 is 3.22 bits per heavy atom. The summed E-state index contributed by atoms with van der Waals surface area (Å²) in [7, 11) is 0. The maximum Gasteiger partial charge on any atom is 0.220 e. The molecule has 100 valence electrons. The van der Waals surface area contributed by atoms with Crippen LogP contribution in [0.2, 0.25) is 0 Å². The fourth-order valence-corrected chi connectivity index (χ4v) is 2.49. The Balaban J connectivity index is 1.69. The molecule has 0 bridgehead atoms. The number of nitrogens with one attached hydrogen (secondary N) is 2. The van der Waals surface area contributed by atoms with Gasteiger partial charge in [-0.2, -0.15) is 0 Å². The highest BCUT2D eigenvalue weighted by molar-refractivity contribution is 5.76. The molecule has 0 spiro atoms. The SMILES string of the molecule is CC(CC(=O)NCc1ccoc1)C1CCCNC1. The van der Waals surface area contributed by atoms with Crippen LogP contribution in [-0.2, 0) is 11.3 Å². The van der Waals surface area contributed by atoms with Gasteiger partial charge in [0.1, 0.15) is 0 Å². The van der Waals surface area contributed by atoms with E-state index in [2.05, 4.69) is 17.6 Å². The van der Waals surface area contributed by atoms with Crippen molar-refractivity contribution in [1.82, 2.24) is 10.6 Å². The zero-order valence-corrected chi connectivity index (χ0v) is 10.9. The Kier molecular flexibility index (Phi) is 4.81. The summed E-state index contributed by atoms with van der Waals surface area (Å²) in [5, 5.41) is 6.33. The smallest absolute Gasteiger partial charge is 0.220 e. The second kappa shape index (κ2) is 6.59. The maximum absolute atomic E-state index is 11.8. The summed E-state index contributed by atoms with van der Waals surface area (Å²) in [5.74, 6) is 1.22. The largest absolute Gasteiger partial charge is 0.472 e. The average Bonchev–Trinajstić information content (AvgIpc) is 2.90. The van der Waals surface area contributed by atoms with Crippen molar-refractivity contribution in [3.8, 4) is 0 Å². The molecule has 1 aromatic heterocycles. The molecule has 1 aliphatic heterocycles. The lowest BCUT2D eigenvalue weighted by atomic mass is 9.85. The van der Waals surface area contributed by atoms with Crippen molar-refractivity contribution in [3.05, 3.63) is 24.2 Å². The molecular formula is C14H22N2O2. The highest BCUT2D eigenvalue weighted by Crippen LogP contribution is 2.22. The number of rotatable bonds is 5. The first-order chi connectivity index (χ1) is 8.75. The van der Waals surface area contributed by atoms with Gasteiger partial charge in [-0.05, 0) is 43.8 Å². The van der Waals surface area contributed by atoms with Crippen molar-refractivity contribution in [2.45, 2.75) is 32.7 Å². The van der Waals surface area contributed by atoms with Gasteiger partial charge in [0.25, 0.3) is 0 Å². The summed E-state index contributed by atoms with van der Waals surface area (Å²) in [6.45, 7) is 4.91. The Morgan fingerprint density at radius 2 is 2.56 bits per heavy atom. The molecule has 0 radical (unpaired) electrons. The molecule has 0 saturated carbocycles. The van der Waals surface area contributed by atoms with Crippen LogP contribution < -0.4 is 10.6 Å². The first kappa shape index (κ1) is 13.1. The molecule has 2 unspecified atom stereocenters. The number of carbonyl (C=O) groups excluding carboxylic acids is 1. The van der Waals surface area contributed by atoms with Gasteiger partial charge < -0.3 is 15.1 Å². The van der Waals surface area contributed by atoms with Crippen molar-refractivity contribution in [1.29, 1.82) is 0 Å². The van der Waals surface area contributed by atoms with Crippen LogP contribution in [0.15, 0.2) is 23.0 Å². The second-order valence-electron chi connectivity index (χ2n) is 5.20. The van der Waals surface area contributed by atoms with Gasteiger partial charge in [0.15, 0.2) is 0 Å². The molecule has 1 fully saturated rings. The van der Waals surface area contributed by atoms with Crippen LogP contribution in [0.5, 0.6) is 0 Å². The van der Waals surface area contributed by atoms with Gasteiger partial charge in [0.05, 0.1) is 12.5 Å². The minimum atomic E-state index is 0.134. The van der Waals surface area contributed by atoms with E-state index in [1.54, 1.807) is 12.5 Å². The molecular weight excluding hydrogens is 228 g/mol. The van der Waals surface area contributed by atoms with E-state index in [1.807, 2.05) is 6.07 Å². The van der Waals surface area contributed by atoms with Crippen LogP contribution >= 0.6 is 0 Å². The number of furan rings is 1. The molecule has 2 atom stereocenters. The van der Waals surface area contributed by atoms with E-state index >= 15 is 0 Å². The molecule has 1 amide bonds. The zero-order valence-electron chi connectivity index (χ0n) is 10.9. The molecule has 2 heterocycles. The Hall–Kier alpha value is -1.29. The van der Waals surface area contributed by atoms with Gasteiger partial charge in [-0.25, -0.2) is 0 Å². The summed E-state index contributed by atoms with van der Waals surface area (Å²) in [5.41, 5.74) is 1.01. The van der Waals surface area contributed by atoms with Crippen molar-refractivity contribution in [2.75, 3.05) is 13.1 Å². The van der Waals surface area contributed by atoms with Crippen LogP contribution in [0, 0.1) is 11.8 Å². The number of piperidine rings is 1. The predicted octanol–water partition coefficient (Wildman–Crippen LogP) is 1.92. The molecule has 2 N–H and O–H groups in total. The number of amides is 1. The topological polar surface area (TPSA) is 54.3 Å². The normalized spacial score (nSPS) is 21.5. The third-order valence-electron chi connectivity index (χ3n) is 3.72. The van der Waals surface area contributed by atoms with E-state index in [9.17, 15) is 4.79 Å². The van der Waals surface area contributed by atoms with Crippen LogP contribution in [-0.4, -0.2) is 19.0 Å². The first-order valence-corrected chi connectivity index (χ1v) is 6.74. The monoisotopic (exact) mass is 250 g/mol. The Bertz CT molecular complexity index is 356. The van der Waals surface area contributed by atoms with Gasteiger partial charge in [-0.1, -0.05) is 6.92 Å². The second-order valence-corrected chi connectivity index (χ2v) is 5.20. The lowest BCUT2D eigenvalue weighted by molar-refractivity contribution is -0.122. The number of hydrogen-bond donors (Lipinski definition) is 2. The van der Waals surface area contributed by atoms with E-state index in [1.165, 1.54) is 12.8 Å². The van der Waals surface area contributed by atoms with E-state index in [-0.39, 0.29) is 5.91 Å². The highest BCUT2D eigenvalue weighted by atomic mass is 16.3. The van der Waals surface area contributed by atoms with E-state index < -0.39 is 0 Å². The van der Waals surface area contributed by atoms with Crippen LogP contribution in [0.25, 0.3) is 0 Å². The van der Waals surface area contributed by atoms with Gasteiger partial charge in [-0.3, -0.25) is 4.79 Å². The quantitative estimate of drug-likeness (QED) is 0.839. The summed E-state index contributed by atoms with van der Waals surface area (Å²) >= 11 is 0. The predicted molar refractivity (Wildman–Crippen MR) is 69.9 cm³/mol. The van der Waals surface area contributed by atoms with Crippen molar-refractivity contribution < 1.29 is 9.21 Å². The fraction of sp³-hybridized carbons (Fsp3) is 0.643. The molecule has 18 heavy (non-hydrogen) atoms. The van der Waals surface area contributed by atoms with Crippen molar-refractivity contribution >= 4 is 5.91 Å². The minimum Gasteiger partial charge on any atom is -0.472 e. The zero-order chi connectivity index (χ0) is 12.8. The number of hydrogen-bond acceptors (Lipinski definition) is 3. The van der Waals surface area contributed by atoms with E-state index in [4.69, 9.17) is 4.42 Å². The lowest BCUT2D eigenvalue weighted by Gasteiger charge is -2.27. The molecule has 0 aromatic carbocycles.